The molecule has 106 valence electrons. The van der Waals surface area contributed by atoms with Crippen molar-refractivity contribution in [2.75, 3.05) is 5.75 Å². The molecule has 0 amide bonds. The van der Waals surface area contributed by atoms with Gasteiger partial charge < -0.3 is 5.11 Å². The summed E-state index contributed by atoms with van der Waals surface area (Å²) in [6.07, 6.45) is 2.39. The third-order valence-electron chi connectivity index (χ3n) is 3.11. The third kappa shape index (κ3) is 3.22. The van der Waals surface area contributed by atoms with Crippen molar-refractivity contribution in [3.63, 3.8) is 0 Å². The zero-order valence-electron chi connectivity index (χ0n) is 11.8. The van der Waals surface area contributed by atoms with E-state index in [1.165, 1.54) is 24.6 Å². The van der Waals surface area contributed by atoms with Crippen molar-refractivity contribution < 1.29 is 5.11 Å². The highest BCUT2D eigenvalue weighted by Gasteiger charge is 2.30. The van der Waals surface area contributed by atoms with Crippen LogP contribution in [0.4, 0.5) is 0 Å². The molecule has 0 bridgehead atoms. The van der Waals surface area contributed by atoms with Crippen molar-refractivity contribution in [3.05, 3.63) is 36.2 Å². The summed E-state index contributed by atoms with van der Waals surface area (Å²) in [5, 5.41) is 15.2. The van der Waals surface area contributed by atoms with Crippen molar-refractivity contribution in [1.29, 1.82) is 0 Å². The van der Waals surface area contributed by atoms with Crippen molar-refractivity contribution in [1.82, 2.24) is 14.8 Å². The van der Waals surface area contributed by atoms with Crippen LogP contribution in [0.5, 0.6) is 0 Å². The Bertz CT molecular complexity index is 585. The zero-order valence-corrected chi connectivity index (χ0v) is 12.6. The Labute approximate surface area is 123 Å². The molecule has 0 spiro atoms. The molecule has 1 heterocycles. The summed E-state index contributed by atoms with van der Waals surface area (Å²) in [7, 11) is 0. The molecule has 1 N–H and O–H groups in total. The van der Waals surface area contributed by atoms with E-state index in [9.17, 15) is 5.11 Å². The molecule has 0 saturated heterocycles. The van der Waals surface area contributed by atoms with Crippen molar-refractivity contribution in [2.45, 2.75) is 43.4 Å². The first-order chi connectivity index (χ1) is 9.53. The second-order valence-corrected chi connectivity index (χ2v) is 6.82. The monoisotopic (exact) mass is 289 g/mol. The first-order valence-electron chi connectivity index (χ1n) is 6.90. The van der Waals surface area contributed by atoms with Crippen molar-refractivity contribution >= 4 is 11.8 Å². The maximum atomic E-state index is 9.81. The van der Waals surface area contributed by atoms with Gasteiger partial charge in [0.2, 0.25) is 5.16 Å². The molecule has 20 heavy (non-hydrogen) atoms. The molecular formula is C15H19N3OS. The second-order valence-electron chi connectivity index (χ2n) is 5.88. The normalized spacial score (nSPS) is 15.6. The van der Waals surface area contributed by atoms with Crippen LogP contribution >= 0.6 is 11.8 Å². The lowest BCUT2D eigenvalue weighted by Crippen LogP contribution is -2.21. The Morgan fingerprint density at radius 2 is 2.00 bits per heavy atom. The van der Waals surface area contributed by atoms with Gasteiger partial charge in [0.1, 0.15) is 5.82 Å². The summed E-state index contributed by atoms with van der Waals surface area (Å²) in [5.41, 5.74) is 0.347. The van der Waals surface area contributed by atoms with E-state index in [2.05, 4.69) is 10.1 Å². The highest BCUT2D eigenvalue weighted by atomic mass is 32.2. The van der Waals surface area contributed by atoms with Gasteiger partial charge in [0, 0.05) is 11.7 Å². The number of hydrogen-bond donors (Lipinski definition) is 1. The molecule has 1 aromatic heterocycles. The van der Waals surface area contributed by atoms with Crippen LogP contribution in [0.2, 0.25) is 0 Å². The molecule has 4 nitrogen and oxygen atoms in total. The average molecular weight is 289 g/mol. The van der Waals surface area contributed by atoms with Crippen molar-refractivity contribution in [2.24, 2.45) is 0 Å². The van der Waals surface area contributed by atoms with Gasteiger partial charge >= 0.3 is 0 Å². The van der Waals surface area contributed by atoms with E-state index in [1.54, 1.807) is 13.8 Å². The molecule has 0 radical (unpaired) electrons. The predicted molar refractivity (Wildman–Crippen MR) is 80.4 cm³/mol. The Kier molecular flexibility index (Phi) is 3.56. The summed E-state index contributed by atoms with van der Waals surface area (Å²) in [5.74, 6) is 2.18. The first kappa shape index (κ1) is 13.6. The van der Waals surface area contributed by atoms with Crippen molar-refractivity contribution in [3.8, 4) is 5.69 Å². The minimum absolute atomic E-state index is 0.541. The first-order valence-corrected chi connectivity index (χ1v) is 7.89. The minimum atomic E-state index is -0.706. The molecule has 5 heteroatoms. The van der Waals surface area contributed by atoms with Crippen LogP contribution < -0.4 is 0 Å². The molecule has 1 aliphatic rings. The van der Waals surface area contributed by atoms with Crippen LogP contribution in [0, 0.1) is 0 Å². The fourth-order valence-corrected chi connectivity index (χ4v) is 2.75. The van der Waals surface area contributed by atoms with Gasteiger partial charge in [-0.05, 0) is 38.8 Å². The van der Waals surface area contributed by atoms with Crippen LogP contribution in [0.15, 0.2) is 35.5 Å². The number of thioether (sulfide) groups is 1. The van der Waals surface area contributed by atoms with E-state index in [-0.39, 0.29) is 0 Å². The van der Waals surface area contributed by atoms with Gasteiger partial charge in [-0.15, -0.1) is 5.10 Å². The molecule has 1 aromatic carbocycles. The number of nitrogens with zero attached hydrogens (tertiary/aromatic N) is 3. The SMILES string of the molecule is CC(C)(O)CSc1nc(C2CC2)n(-c2ccccc2)n1. The van der Waals surface area contributed by atoms with E-state index >= 15 is 0 Å². The lowest BCUT2D eigenvalue weighted by Gasteiger charge is -2.14. The third-order valence-corrected chi connectivity index (χ3v) is 4.39. The van der Waals surface area contributed by atoms with Gasteiger partial charge in [-0.1, -0.05) is 30.0 Å². The highest BCUT2D eigenvalue weighted by Crippen LogP contribution is 2.40. The van der Waals surface area contributed by atoms with Gasteiger partial charge in [0.25, 0.3) is 0 Å². The lowest BCUT2D eigenvalue weighted by molar-refractivity contribution is 0.107. The summed E-state index contributed by atoms with van der Waals surface area (Å²) in [6, 6.07) is 10.1. The number of aliphatic hydroxyl groups is 1. The highest BCUT2D eigenvalue weighted by molar-refractivity contribution is 7.99. The fourth-order valence-electron chi connectivity index (χ4n) is 1.97. The standard InChI is InChI=1S/C15H19N3OS/c1-15(2,19)10-20-14-16-13(11-8-9-11)18(17-14)12-6-4-3-5-7-12/h3-7,11,19H,8-10H2,1-2H3. The predicted octanol–water partition coefficient (Wildman–Crippen LogP) is 3.01. The van der Waals surface area contributed by atoms with Gasteiger partial charge in [-0.25, -0.2) is 9.67 Å². The zero-order chi connectivity index (χ0) is 14.2. The number of benzene rings is 1. The maximum Gasteiger partial charge on any atom is 0.209 e. The van der Waals surface area contributed by atoms with Crippen LogP contribution in [0.1, 0.15) is 38.4 Å². The van der Waals surface area contributed by atoms with E-state index in [1.807, 2.05) is 35.0 Å². The Hall–Kier alpha value is -1.33. The van der Waals surface area contributed by atoms with Crippen LogP contribution in [-0.2, 0) is 0 Å². The molecule has 0 unspecified atom stereocenters. The summed E-state index contributed by atoms with van der Waals surface area (Å²) in [4.78, 5) is 4.66. The molecule has 0 aliphatic heterocycles. The molecule has 1 aliphatic carbocycles. The van der Waals surface area contributed by atoms with E-state index in [4.69, 9.17) is 0 Å². The molecule has 0 atom stereocenters. The Morgan fingerprint density at radius 3 is 2.60 bits per heavy atom. The van der Waals surface area contributed by atoms with Crippen LogP contribution in [-0.4, -0.2) is 31.2 Å². The Balaban J connectivity index is 1.87. The van der Waals surface area contributed by atoms with Crippen LogP contribution in [0.25, 0.3) is 5.69 Å². The number of aromatic nitrogens is 3. The van der Waals surface area contributed by atoms with Crippen LogP contribution in [0.3, 0.4) is 0 Å². The maximum absolute atomic E-state index is 9.81. The quantitative estimate of drug-likeness (QED) is 0.860. The lowest BCUT2D eigenvalue weighted by atomic mass is 10.2. The molecule has 3 rings (SSSR count). The van der Waals surface area contributed by atoms with Gasteiger partial charge in [-0.3, -0.25) is 0 Å². The molecular weight excluding hydrogens is 270 g/mol. The van der Waals surface area contributed by atoms with E-state index < -0.39 is 5.60 Å². The second kappa shape index (κ2) is 5.22. The van der Waals surface area contributed by atoms with Gasteiger partial charge in [-0.2, -0.15) is 0 Å². The number of para-hydroxylation sites is 1. The molecule has 1 saturated carbocycles. The summed E-state index contributed by atoms with van der Waals surface area (Å²) in [6.45, 7) is 3.60. The average Bonchev–Trinajstić information content (AvgIpc) is 3.17. The molecule has 1 fully saturated rings. The van der Waals surface area contributed by atoms with E-state index in [0.29, 0.717) is 11.7 Å². The Morgan fingerprint density at radius 1 is 1.30 bits per heavy atom. The fraction of sp³-hybridized carbons (Fsp3) is 0.467. The summed E-state index contributed by atoms with van der Waals surface area (Å²) >= 11 is 1.51. The topological polar surface area (TPSA) is 50.9 Å². The summed E-state index contributed by atoms with van der Waals surface area (Å²) < 4.78 is 1.95. The van der Waals surface area contributed by atoms with Gasteiger partial charge in [0.15, 0.2) is 0 Å². The minimum Gasteiger partial charge on any atom is -0.390 e. The molecule has 2 aromatic rings. The largest absolute Gasteiger partial charge is 0.390 e. The smallest absolute Gasteiger partial charge is 0.209 e. The number of rotatable bonds is 5. The van der Waals surface area contributed by atoms with E-state index in [0.717, 1.165) is 16.7 Å². The number of hydrogen-bond acceptors (Lipinski definition) is 4. The van der Waals surface area contributed by atoms with Gasteiger partial charge in [0.05, 0.1) is 11.3 Å².